The molecule has 0 amide bonds. The Morgan fingerprint density at radius 2 is 1.26 bits per heavy atom. The summed E-state index contributed by atoms with van der Waals surface area (Å²) in [5, 5.41) is 10.3. The third-order valence-corrected chi connectivity index (χ3v) is 3.79. The Morgan fingerprint density at radius 3 is 1.87 bits per heavy atom. The maximum absolute atomic E-state index is 10.3. The maximum Gasteiger partial charge on any atom is 0.119 e. The zero-order valence-electron chi connectivity index (χ0n) is 12.9. The Kier molecular flexibility index (Phi) is 5.07. The summed E-state index contributed by atoms with van der Waals surface area (Å²) in [4.78, 5) is 0. The molecule has 2 heteroatoms. The summed E-state index contributed by atoms with van der Waals surface area (Å²) in [5.41, 5.74) is 3.17. The lowest BCUT2D eigenvalue weighted by Gasteiger charge is -2.12. The van der Waals surface area contributed by atoms with Crippen LogP contribution in [0.3, 0.4) is 0 Å². The molecule has 1 unspecified atom stereocenters. The molecule has 23 heavy (non-hydrogen) atoms. The highest BCUT2D eigenvalue weighted by molar-refractivity contribution is 5.30. The number of ether oxygens (including phenoxy) is 1. The first-order chi connectivity index (χ1) is 11.3. The summed E-state index contributed by atoms with van der Waals surface area (Å²) >= 11 is 0. The van der Waals surface area contributed by atoms with Crippen molar-refractivity contribution in [3.63, 3.8) is 0 Å². The van der Waals surface area contributed by atoms with Gasteiger partial charge in [0.25, 0.3) is 0 Å². The molecule has 0 saturated heterocycles. The van der Waals surface area contributed by atoms with E-state index in [0.29, 0.717) is 13.0 Å². The number of hydrogen-bond acceptors (Lipinski definition) is 2. The zero-order valence-corrected chi connectivity index (χ0v) is 12.9. The maximum atomic E-state index is 10.3. The van der Waals surface area contributed by atoms with E-state index in [-0.39, 0.29) is 0 Å². The van der Waals surface area contributed by atoms with Gasteiger partial charge < -0.3 is 9.84 Å². The van der Waals surface area contributed by atoms with E-state index in [1.807, 2.05) is 84.9 Å². The summed E-state index contributed by atoms with van der Waals surface area (Å²) in [5.74, 6) is 0.810. The molecule has 3 aromatic rings. The van der Waals surface area contributed by atoms with Gasteiger partial charge in [0.2, 0.25) is 0 Å². The lowest BCUT2D eigenvalue weighted by Crippen LogP contribution is -2.02. The molecule has 2 nitrogen and oxygen atoms in total. The molecule has 116 valence electrons. The van der Waals surface area contributed by atoms with Crippen molar-refractivity contribution in [1.82, 2.24) is 0 Å². The Hall–Kier alpha value is -2.58. The fourth-order valence-corrected chi connectivity index (χ4v) is 2.48. The summed E-state index contributed by atoms with van der Waals surface area (Å²) in [7, 11) is 0. The molecule has 1 N–H and O–H groups in total. The first-order valence-electron chi connectivity index (χ1n) is 7.80. The molecule has 0 aliphatic carbocycles. The lowest BCUT2D eigenvalue weighted by atomic mass is 10.0. The van der Waals surface area contributed by atoms with Gasteiger partial charge in [-0.2, -0.15) is 0 Å². The SMILES string of the molecule is OC(Cc1ccccc1)c1ccc(OCc2ccccc2)cc1. The summed E-state index contributed by atoms with van der Waals surface area (Å²) in [6, 6.07) is 27.8. The quantitative estimate of drug-likeness (QED) is 0.724. The van der Waals surface area contributed by atoms with Crippen LogP contribution in [0.1, 0.15) is 22.8 Å². The standard InChI is InChI=1S/C21H20O2/c22-21(15-17-7-3-1-4-8-17)19-11-13-20(14-12-19)23-16-18-9-5-2-6-10-18/h1-14,21-22H,15-16H2. The average molecular weight is 304 g/mol. The largest absolute Gasteiger partial charge is 0.489 e. The van der Waals surface area contributed by atoms with E-state index in [9.17, 15) is 5.11 Å². The molecule has 0 aromatic heterocycles. The molecule has 3 rings (SSSR count). The van der Waals surface area contributed by atoms with Gasteiger partial charge in [-0.25, -0.2) is 0 Å². The highest BCUT2D eigenvalue weighted by atomic mass is 16.5. The van der Waals surface area contributed by atoms with Crippen LogP contribution < -0.4 is 4.74 Å². The van der Waals surface area contributed by atoms with Gasteiger partial charge in [-0.05, 0) is 28.8 Å². The second kappa shape index (κ2) is 7.61. The number of benzene rings is 3. The molecule has 0 heterocycles. The fourth-order valence-electron chi connectivity index (χ4n) is 2.48. The van der Waals surface area contributed by atoms with Crippen LogP contribution in [-0.2, 0) is 13.0 Å². The Morgan fingerprint density at radius 1 is 0.696 bits per heavy atom. The monoisotopic (exact) mass is 304 g/mol. The van der Waals surface area contributed by atoms with Crippen molar-refractivity contribution in [2.75, 3.05) is 0 Å². The second-order valence-electron chi connectivity index (χ2n) is 5.55. The van der Waals surface area contributed by atoms with Crippen molar-refractivity contribution in [3.05, 3.63) is 102 Å². The van der Waals surface area contributed by atoms with Crippen LogP contribution >= 0.6 is 0 Å². The predicted octanol–water partition coefficient (Wildman–Crippen LogP) is 4.54. The normalized spacial score (nSPS) is 11.9. The van der Waals surface area contributed by atoms with E-state index in [4.69, 9.17) is 4.74 Å². The Balaban J connectivity index is 1.58. The minimum absolute atomic E-state index is 0.499. The highest BCUT2D eigenvalue weighted by Crippen LogP contribution is 2.21. The molecule has 0 aliphatic heterocycles. The minimum atomic E-state index is -0.499. The van der Waals surface area contributed by atoms with Gasteiger partial charge in [0, 0.05) is 6.42 Å². The average Bonchev–Trinajstić information content (AvgIpc) is 2.62. The van der Waals surface area contributed by atoms with Gasteiger partial charge in [0.15, 0.2) is 0 Å². The van der Waals surface area contributed by atoms with Crippen LogP contribution in [0.4, 0.5) is 0 Å². The number of rotatable bonds is 6. The molecule has 0 saturated carbocycles. The molecule has 0 aliphatic rings. The van der Waals surface area contributed by atoms with Crippen molar-refractivity contribution in [1.29, 1.82) is 0 Å². The van der Waals surface area contributed by atoms with E-state index in [0.717, 1.165) is 22.4 Å². The van der Waals surface area contributed by atoms with Crippen LogP contribution in [0, 0.1) is 0 Å². The van der Waals surface area contributed by atoms with Crippen LogP contribution in [0.25, 0.3) is 0 Å². The van der Waals surface area contributed by atoms with Crippen LogP contribution in [0.2, 0.25) is 0 Å². The Labute approximate surface area is 137 Å². The van der Waals surface area contributed by atoms with Crippen LogP contribution in [0.15, 0.2) is 84.9 Å². The van der Waals surface area contributed by atoms with E-state index in [2.05, 4.69) is 0 Å². The Bertz CT molecular complexity index is 706. The number of hydrogen-bond donors (Lipinski definition) is 1. The summed E-state index contributed by atoms with van der Waals surface area (Å²) in [6.07, 6.45) is 0.117. The topological polar surface area (TPSA) is 29.5 Å². The molecule has 0 spiro atoms. The molecular formula is C21H20O2. The first-order valence-corrected chi connectivity index (χ1v) is 7.80. The summed E-state index contributed by atoms with van der Waals surface area (Å²) in [6.45, 7) is 0.548. The molecular weight excluding hydrogens is 284 g/mol. The van der Waals surface area contributed by atoms with Crippen molar-refractivity contribution >= 4 is 0 Å². The zero-order chi connectivity index (χ0) is 15.9. The molecule has 1 atom stereocenters. The van der Waals surface area contributed by atoms with Gasteiger partial charge in [-0.15, -0.1) is 0 Å². The smallest absolute Gasteiger partial charge is 0.119 e. The van der Waals surface area contributed by atoms with Crippen molar-refractivity contribution < 1.29 is 9.84 Å². The second-order valence-corrected chi connectivity index (χ2v) is 5.55. The first kappa shape index (κ1) is 15.3. The lowest BCUT2D eigenvalue weighted by molar-refractivity contribution is 0.178. The van der Waals surface area contributed by atoms with E-state index < -0.39 is 6.10 Å². The van der Waals surface area contributed by atoms with Crippen molar-refractivity contribution in [3.8, 4) is 5.75 Å². The van der Waals surface area contributed by atoms with Gasteiger partial charge in [0.1, 0.15) is 12.4 Å². The van der Waals surface area contributed by atoms with E-state index >= 15 is 0 Å². The molecule has 0 radical (unpaired) electrons. The van der Waals surface area contributed by atoms with E-state index in [1.165, 1.54) is 0 Å². The summed E-state index contributed by atoms with van der Waals surface area (Å²) < 4.78 is 5.76. The van der Waals surface area contributed by atoms with Gasteiger partial charge in [-0.3, -0.25) is 0 Å². The van der Waals surface area contributed by atoms with Gasteiger partial charge in [-0.1, -0.05) is 72.8 Å². The van der Waals surface area contributed by atoms with Crippen LogP contribution in [0.5, 0.6) is 5.75 Å². The van der Waals surface area contributed by atoms with Crippen molar-refractivity contribution in [2.45, 2.75) is 19.1 Å². The minimum Gasteiger partial charge on any atom is -0.489 e. The molecule has 3 aromatic carbocycles. The number of aliphatic hydroxyl groups excluding tert-OH is 1. The third kappa shape index (κ3) is 4.44. The highest BCUT2D eigenvalue weighted by Gasteiger charge is 2.08. The predicted molar refractivity (Wildman–Crippen MR) is 92.3 cm³/mol. The van der Waals surface area contributed by atoms with E-state index in [1.54, 1.807) is 0 Å². The van der Waals surface area contributed by atoms with Crippen molar-refractivity contribution in [2.24, 2.45) is 0 Å². The van der Waals surface area contributed by atoms with Crippen LogP contribution in [-0.4, -0.2) is 5.11 Å². The number of aliphatic hydroxyl groups is 1. The molecule has 0 fully saturated rings. The third-order valence-electron chi connectivity index (χ3n) is 3.79. The fraction of sp³-hybridized carbons (Fsp3) is 0.143. The van der Waals surface area contributed by atoms with Gasteiger partial charge >= 0.3 is 0 Å². The molecule has 0 bridgehead atoms. The van der Waals surface area contributed by atoms with Gasteiger partial charge in [0.05, 0.1) is 6.10 Å².